The monoisotopic (exact) mass is 331 g/mol. The molecule has 1 aromatic carbocycles. The van der Waals surface area contributed by atoms with Gasteiger partial charge in [-0.1, -0.05) is 26.0 Å². The highest BCUT2D eigenvalue weighted by Crippen LogP contribution is 2.20. The Morgan fingerprint density at radius 2 is 2.12 bits per heavy atom. The highest BCUT2D eigenvalue weighted by Gasteiger charge is 2.28. The first-order chi connectivity index (χ1) is 11.6. The number of anilines is 1. The van der Waals surface area contributed by atoms with Crippen LogP contribution in [0.15, 0.2) is 24.3 Å². The van der Waals surface area contributed by atoms with E-state index in [4.69, 9.17) is 0 Å². The number of amides is 2. The number of benzene rings is 1. The molecule has 0 spiro atoms. The molecule has 2 amide bonds. The molecule has 1 heterocycles. The third-order valence-corrected chi connectivity index (χ3v) is 4.38. The van der Waals surface area contributed by atoms with Crippen molar-refractivity contribution in [3.05, 3.63) is 29.8 Å². The van der Waals surface area contributed by atoms with E-state index >= 15 is 0 Å². The van der Waals surface area contributed by atoms with Gasteiger partial charge >= 0.3 is 0 Å². The van der Waals surface area contributed by atoms with Crippen molar-refractivity contribution in [1.82, 2.24) is 10.2 Å². The number of carbonyl (C=O) groups excluding carboxylic acids is 2. The van der Waals surface area contributed by atoms with E-state index < -0.39 is 0 Å². The van der Waals surface area contributed by atoms with Gasteiger partial charge in [-0.2, -0.15) is 0 Å². The maximum atomic E-state index is 12.6. The SMILES string of the molecule is CCCC(=O)N1CCCC(C(=O)Nc2cccc(CNCC)c2)C1. The topological polar surface area (TPSA) is 61.4 Å². The fourth-order valence-corrected chi connectivity index (χ4v) is 3.06. The van der Waals surface area contributed by atoms with Gasteiger partial charge in [0, 0.05) is 31.7 Å². The first-order valence-electron chi connectivity index (χ1n) is 9.02. The molecule has 5 nitrogen and oxygen atoms in total. The second-order valence-electron chi connectivity index (χ2n) is 6.40. The van der Waals surface area contributed by atoms with Crippen LogP contribution in [0.5, 0.6) is 0 Å². The van der Waals surface area contributed by atoms with E-state index in [0.717, 1.165) is 50.1 Å². The van der Waals surface area contributed by atoms with Gasteiger partial charge in [0.1, 0.15) is 0 Å². The summed E-state index contributed by atoms with van der Waals surface area (Å²) in [6.45, 7) is 7.11. The Morgan fingerprint density at radius 3 is 2.88 bits per heavy atom. The van der Waals surface area contributed by atoms with E-state index in [9.17, 15) is 9.59 Å². The summed E-state index contributed by atoms with van der Waals surface area (Å²) in [5, 5.41) is 6.30. The van der Waals surface area contributed by atoms with E-state index in [1.165, 1.54) is 0 Å². The highest BCUT2D eigenvalue weighted by molar-refractivity contribution is 5.93. The van der Waals surface area contributed by atoms with Crippen LogP contribution >= 0.6 is 0 Å². The van der Waals surface area contributed by atoms with Gasteiger partial charge in [-0.25, -0.2) is 0 Å². The number of nitrogens with one attached hydrogen (secondary N) is 2. The summed E-state index contributed by atoms with van der Waals surface area (Å²) in [4.78, 5) is 26.5. The van der Waals surface area contributed by atoms with E-state index in [1.807, 2.05) is 36.1 Å². The van der Waals surface area contributed by atoms with Crippen LogP contribution in [0.1, 0.15) is 45.1 Å². The summed E-state index contributed by atoms with van der Waals surface area (Å²) in [5.74, 6) is 0.0733. The standard InChI is InChI=1S/C19H29N3O2/c1-3-7-18(23)22-11-6-9-16(14-22)19(24)21-17-10-5-8-15(12-17)13-20-4-2/h5,8,10,12,16,20H,3-4,6-7,9,11,13-14H2,1-2H3,(H,21,24). The molecule has 1 aliphatic heterocycles. The zero-order chi connectivity index (χ0) is 17.4. The predicted molar refractivity (Wildman–Crippen MR) is 96.7 cm³/mol. The Kier molecular flexibility index (Phi) is 7.25. The third kappa shape index (κ3) is 5.34. The normalized spacial score (nSPS) is 17.6. The average Bonchev–Trinajstić information content (AvgIpc) is 2.60. The summed E-state index contributed by atoms with van der Waals surface area (Å²) < 4.78 is 0. The van der Waals surface area contributed by atoms with Crippen molar-refractivity contribution in [2.45, 2.75) is 46.1 Å². The van der Waals surface area contributed by atoms with Crippen molar-refractivity contribution >= 4 is 17.5 Å². The molecule has 0 saturated carbocycles. The molecule has 24 heavy (non-hydrogen) atoms. The average molecular weight is 331 g/mol. The van der Waals surface area contributed by atoms with Crippen molar-refractivity contribution in [3.8, 4) is 0 Å². The lowest BCUT2D eigenvalue weighted by molar-refractivity contribution is -0.134. The smallest absolute Gasteiger partial charge is 0.229 e. The molecule has 1 unspecified atom stereocenters. The number of rotatable bonds is 7. The first kappa shape index (κ1) is 18.5. The molecular formula is C19H29N3O2. The van der Waals surface area contributed by atoms with Crippen molar-refractivity contribution in [3.63, 3.8) is 0 Å². The van der Waals surface area contributed by atoms with Gasteiger partial charge in [0.05, 0.1) is 5.92 Å². The second-order valence-corrected chi connectivity index (χ2v) is 6.40. The molecule has 0 aliphatic carbocycles. The molecule has 0 bridgehead atoms. The maximum Gasteiger partial charge on any atom is 0.229 e. The Labute approximate surface area is 144 Å². The van der Waals surface area contributed by atoms with Crippen molar-refractivity contribution in [2.24, 2.45) is 5.92 Å². The maximum absolute atomic E-state index is 12.6. The second kappa shape index (κ2) is 9.42. The third-order valence-electron chi connectivity index (χ3n) is 4.38. The molecule has 1 atom stereocenters. The minimum absolute atomic E-state index is 0.0181. The highest BCUT2D eigenvalue weighted by atomic mass is 16.2. The lowest BCUT2D eigenvalue weighted by Crippen LogP contribution is -2.43. The lowest BCUT2D eigenvalue weighted by Gasteiger charge is -2.32. The molecule has 132 valence electrons. The Bertz CT molecular complexity index is 559. The minimum Gasteiger partial charge on any atom is -0.342 e. The van der Waals surface area contributed by atoms with Gasteiger partial charge in [0.15, 0.2) is 0 Å². The first-order valence-corrected chi connectivity index (χ1v) is 9.02. The fraction of sp³-hybridized carbons (Fsp3) is 0.579. The van der Waals surface area contributed by atoms with Gasteiger partial charge in [-0.05, 0) is 43.5 Å². The fourth-order valence-electron chi connectivity index (χ4n) is 3.06. The van der Waals surface area contributed by atoms with Crippen LogP contribution in [0.3, 0.4) is 0 Å². The molecule has 2 N–H and O–H groups in total. The number of nitrogens with zero attached hydrogens (tertiary/aromatic N) is 1. The van der Waals surface area contributed by atoms with Gasteiger partial charge in [0.2, 0.25) is 11.8 Å². The van der Waals surface area contributed by atoms with E-state index in [0.29, 0.717) is 13.0 Å². The van der Waals surface area contributed by atoms with Crippen LogP contribution in [0.25, 0.3) is 0 Å². The van der Waals surface area contributed by atoms with Crippen LogP contribution in [-0.2, 0) is 16.1 Å². The number of piperidine rings is 1. The zero-order valence-electron chi connectivity index (χ0n) is 14.8. The Hall–Kier alpha value is -1.88. The molecule has 5 heteroatoms. The summed E-state index contributed by atoms with van der Waals surface area (Å²) in [5.41, 5.74) is 1.98. The Balaban J connectivity index is 1.93. The van der Waals surface area contributed by atoms with E-state index in [1.54, 1.807) is 0 Å². The summed E-state index contributed by atoms with van der Waals surface area (Å²) in [7, 11) is 0. The van der Waals surface area contributed by atoms with Gasteiger partial charge in [0.25, 0.3) is 0 Å². The van der Waals surface area contributed by atoms with Crippen molar-refractivity contribution < 1.29 is 9.59 Å². The van der Waals surface area contributed by atoms with Crippen molar-refractivity contribution in [2.75, 3.05) is 25.0 Å². The van der Waals surface area contributed by atoms with Crippen LogP contribution in [0, 0.1) is 5.92 Å². The van der Waals surface area contributed by atoms with E-state index in [-0.39, 0.29) is 17.7 Å². The number of carbonyl (C=O) groups is 2. The molecular weight excluding hydrogens is 302 g/mol. The molecule has 0 aromatic heterocycles. The molecule has 1 aromatic rings. The molecule has 1 fully saturated rings. The summed E-state index contributed by atoms with van der Waals surface area (Å²) >= 11 is 0. The quantitative estimate of drug-likeness (QED) is 0.807. The molecule has 0 radical (unpaired) electrons. The number of hydrogen-bond donors (Lipinski definition) is 2. The van der Waals surface area contributed by atoms with E-state index in [2.05, 4.69) is 17.6 Å². The minimum atomic E-state index is -0.114. The molecule has 1 aliphatic rings. The van der Waals surface area contributed by atoms with Gasteiger partial charge in [-0.3, -0.25) is 9.59 Å². The van der Waals surface area contributed by atoms with Crippen LogP contribution in [0.2, 0.25) is 0 Å². The number of hydrogen-bond acceptors (Lipinski definition) is 3. The Morgan fingerprint density at radius 1 is 1.29 bits per heavy atom. The van der Waals surface area contributed by atoms with Gasteiger partial charge < -0.3 is 15.5 Å². The van der Waals surface area contributed by atoms with Gasteiger partial charge in [-0.15, -0.1) is 0 Å². The summed E-state index contributed by atoms with van der Waals surface area (Å²) in [6, 6.07) is 7.92. The molecule has 1 saturated heterocycles. The molecule has 2 rings (SSSR count). The predicted octanol–water partition coefficient (Wildman–Crippen LogP) is 2.77. The summed E-state index contributed by atoms with van der Waals surface area (Å²) in [6.07, 6.45) is 3.17. The van der Waals surface area contributed by atoms with Crippen LogP contribution < -0.4 is 10.6 Å². The van der Waals surface area contributed by atoms with Crippen LogP contribution in [-0.4, -0.2) is 36.3 Å². The van der Waals surface area contributed by atoms with Crippen LogP contribution in [0.4, 0.5) is 5.69 Å². The number of likely N-dealkylation sites (tertiary alicyclic amines) is 1. The van der Waals surface area contributed by atoms with Crippen molar-refractivity contribution in [1.29, 1.82) is 0 Å². The lowest BCUT2D eigenvalue weighted by atomic mass is 9.96. The largest absolute Gasteiger partial charge is 0.342 e. The zero-order valence-corrected chi connectivity index (χ0v) is 14.8.